The Morgan fingerprint density at radius 1 is 1.35 bits per heavy atom. The third-order valence-electron chi connectivity index (χ3n) is 2.98. The van der Waals surface area contributed by atoms with Gasteiger partial charge in [-0.1, -0.05) is 15.9 Å². The van der Waals surface area contributed by atoms with Gasteiger partial charge in [0.25, 0.3) is 0 Å². The van der Waals surface area contributed by atoms with E-state index in [1.54, 1.807) is 0 Å². The summed E-state index contributed by atoms with van der Waals surface area (Å²) in [6.45, 7) is 1.86. The molecule has 1 aromatic carbocycles. The van der Waals surface area contributed by atoms with Gasteiger partial charge in [-0.15, -0.1) is 0 Å². The molecule has 17 heavy (non-hydrogen) atoms. The maximum atomic E-state index is 13.6. The van der Waals surface area contributed by atoms with E-state index in [4.69, 9.17) is 0 Å². The lowest BCUT2D eigenvalue weighted by Gasteiger charge is -2.31. The summed E-state index contributed by atoms with van der Waals surface area (Å²) in [5.41, 5.74) is -0.0199. The summed E-state index contributed by atoms with van der Waals surface area (Å²) in [7, 11) is 2.02. The van der Waals surface area contributed by atoms with Crippen molar-refractivity contribution in [2.75, 3.05) is 25.5 Å². The first kappa shape index (κ1) is 12.8. The molecule has 1 heterocycles. The van der Waals surface area contributed by atoms with E-state index >= 15 is 0 Å². The van der Waals surface area contributed by atoms with Crippen LogP contribution >= 0.6 is 15.9 Å². The first-order chi connectivity index (χ1) is 8.06. The lowest BCUT2D eigenvalue weighted by molar-refractivity contribution is 0.260. The monoisotopic (exact) mass is 304 g/mol. The Morgan fingerprint density at radius 3 is 2.59 bits per heavy atom. The average Bonchev–Trinajstić information content (AvgIpc) is 2.23. The zero-order valence-electron chi connectivity index (χ0n) is 9.64. The molecule has 0 aliphatic carbocycles. The number of halogens is 3. The predicted molar refractivity (Wildman–Crippen MR) is 68.2 cm³/mol. The fourth-order valence-corrected chi connectivity index (χ4v) is 2.57. The Labute approximate surface area is 108 Å². The van der Waals surface area contributed by atoms with Crippen LogP contribution in [0, 0.1) is 11.6 Å². The third kappa shape index (κ3) is 3.16. The number of nitrogens with zero attached hydrogens (tertiary/aromatic N) is 1. The highest BCUT2D eigenvalue weighted by atomic mass is 79.9. The molecular formula is C12H15BrF2N2. The highest BCUT2D eigenvalue weighted by Crippen LogP contribution is 2.25. The maximum absolute atomic E-state index is 13.6. The zero-order valence-corrected chi connectivity index (χ0v) is 11.2. The first-order valence-electron chi connectivity index (χ1n) is 5.66. The van der Waals surface area contributed by atoms with E-state index in [2.05, 4.69) is 26.1 Å². The summed E-state index contributed by atoms with van der Waals surface area (Å²) < 4.78 is 27.7. The third-order valence-corrected chi connectivity index (χ3v) is 3.44. The van der Waals surface area contributed by atoms with Crippen molar-refractivity contribution in [3.8, 4) is 0 Å². The lowest BCUT2D eigenvalue weighted by Crippen LogP contribution is -2.40. The number of nitrogens with one attached hydrogen (secondary N) is 1. The lowest BCUT2D eigenvalue weighted by atomic mass is 10.1. The average molecular weight is 305 g/mol. The van der Waals surface area contributed by atoms with E-state index in [1.165, 1.54) is 12.1 Å². The Bertz CT molecular complexity index is 388. The van der Waals surface area contributed by atoms with Gasteiger partial charge in [-0.3, -0.25) is 0 Å². The Morgan fingerprint density at radius 2 is 2.00 bits per heavy atom. The number of rotatable bonds is 2. The minimum absolute atomic E-state index is 0.0199. The van der Waals surface area contributed by atoms with Crippen molar-refractivity contribution >= 4 is 21.6 Å². The van der Waals surface area contributed by atoms with Gasteiger partial charge in [0, 0.05) is 17.1 Å². The molecule has 0 saturated carbocycles. The molecule has 2 rings (SSSR count). The molecular weight excluding hydrogens is 290 g/mol. The van der Waals surface area contributed by atoms with Gasteiger partial charge in [-0.25, -0.2) is 8.78 Å². The van der Waals surface area contributed by atoms with E-state index in [-0.39, 0.29) is 11.7 Å². The normalized spacial score (nSPS) is 21.5. The van der Waals surface area contributed by atoms with Crippen molar-refractivity contribution in [2.24, 2.45) is 0 Å². The number of hydrogen-bond donors (Lipinski definition) is 1. The van der Waals surface area contributed by atoms with Crippen molar-refractivity contribution in [3.05, 3.63) is 28.2 Å². The van der Waals surface area contributed by atoms with Gasteiger partial charge >= 0.3 is 0 Å². The second-order valence-electron chi connectivity index (χ2n) is 4.49. The number of likely N-dealkylation sites (tertiary alicyclic amines) is 1. The van der Waals surface area contributed by atoms with Gasteiger partial charge in [0.2, 0.25) is 0 Å². The van der Waals surface area contributed by atoms with Gasteiger partial charge in [0.05, 0.1) is 0 Å². The maximum Gasteiger partial charge on any atom is 0.150 e. The molecule has 1 unspecified atom stereocenters. The van der Waals surface area contributed by atoms with Crippen LogP contribution in [0.1, 0.15) is 12.8 Å². The molecule has 5 heteroatoms. The SMILES string of the molecule is CN1CCCC(Nc2c(F)cc(Br)cc2F)C1. The molecule has 94 valence electrons. The number of piperidine rings is 1. The van der Waals surface area contributed by atoms with Crippen molar-refractivity contribution in [3.63, 3.8) is 0 Å². The minimum Gasteiger partial charge on any atom is -0.376 e. The number of hydrogen-bond acceptors (Lipinski definition) is 2. The topological polar surface area (TPSA) is 15.3 Å². The summed E-state index contributed by atoms with van der Waals surface area (Å²) >= 11 is 3.07. The van der Waals surface area contributed by atoms with Crippen LogP contribution in [-0.2, 0) is 0 Å². The first-order valence-corrected chi connectivity index (χ1v) is 6.45. The van der Waals surface area contributed by atoms with Crippen LogP contribution in [0.15, 0.2) is 16.6 Å². The van der Waals surface area contributed by atoms with Crippen molar-refractivity contribution in [1.82, 2.24) is 4.90 Å². The largest absolute Gasteiger partial charge is 0.376 e. The molecule has 0 aromatic heterocycles. The Hall–Kier alpha value is -0.680. The van der Waals surface area contributed by atoms with E-state index in [0.717, 1.165) is 25.9 Å². The molecule has 1 aliphatic heterocycles. The van der Waals surface area contributed by atoms with Crippen LogP contribution in [0.25, 0.3) is 0 Å². The van der Waals surface area contributed by atoms with Crippen molar-refractivity contribution < 1.29 is 8.78 Å². The molecule has 1 aromatic rings. The number of likely N-dealkylation sites (N-methyl/N-ethyl adjacent to an activating group) is 1. The van der Waals surface area contributed by atoms with Crippen LogP contribution < -0.4 is 5.32 Å². The Balaban J connectivity index is 2.12. The highest BCUT2D eigenvalue weighted by Gasteiger charge is 2.20. The number of anilines is 1. The minimum atomic E-state index is -0.551. The van der Waals surface area contributed by atoms with Crippen LogP contribution in [0.2, 0.25) is 0 Å². The van der Waals surface area contributed by atoms with Crippen LogP contribution in [-0.4, -0.2) is 31.1 Å². The standard InChI is InChI=1S/C12H15BrF2N2/c1-17-4-2-3-9(7-17)16-12-10(14)5-8(13)6-11(12)15/h5-6,9,16H,2-4,7H2,1H3. The molecule has 0 radical (unpaired) electrons. The molecule has 0 amide bonds. The van der Waals surface area contributed by atoms with E-state index in [0.29, 0.717) is 4.47 Å². The summed E-state index contributed by atoms with van der Waals surface area (Å²) in [5, 5.41) is 2.96. The molecule has 1 N–H and O–H groups in total. The highest BCUT2D eigenvalue weighted by molar-refractivity contribution is 9.10. The van der Waals surface area contributed by atoms with E-state index in [1.807, 2.05) is 7.05 Å². The molecule has 1 atom stereocenters. The number of benzene rings is 1. The summed E-state index contributed by atoms with van der Waals surface area (Å²) in [6, 6.07) is 2.66. The van der Waals surface area contributed by atoms with Gasteiger partial charge in [-0.2, -0.15) is 0 Å². The van der Waals surface area contributed by atoms with Crippen molar-refractivity contribution in [2.45, 2.75) is 18.9 Å². The zero-order chi connectivity index (χ0) is 12.4. The van der Waals surface area contributed by atoms with Crippen LogP contribution in [0.3, 0.4) is 0 Å². The fourth-order valence-electron chi connectivity index (χ4n) is 2.17. The van der Waals surface area contributed by atoms with Gasteiger partial charge < -0.3 is 10.2 Å². The summed E-state index contributed by atoms with van der Waals surface area (Å²) in [6.07, 6.45) is 1.99. The van der Waals surface area contributed by atoms with Crippen molar-refractivity contribution in [1.29, 1.82) is 0 Å². The summed E-state index contributed by atoms with van der Waals surface area (Å²) in [5.74, 6) is -1.10. The Kier molecular flexibility index (Phi) is 3.99. The van der Waals surface area contributed by atoms with Gasteiger partial charge in [-0.05, 0) is 38.6 Å². The molecule has 1 fully saturated rings. The van der Waals surface area contributed by atoms with Gasteiger partial charge in [0.15, 0.2) is 0 Å². The fraction of sp³-hybridized carbons (Fsp3) is 0.500. The van der Waals surface area contributed by atoms with E-state index < -0.39 is 11.6 Å². The second kappa shape index (κ2) is 5.31. The molecule has 0 bridgehead atoms. The van der Waals surface area contributed by atoms with Crippen LogP contribution in [0.5, 0.6) is 0 Å². The van der Waals surface area contributed by atoms with Gasteiger partial charge in [0.1, 0.15) is 17.3 Å². The quantitative estimate of drug-likeness (QED) is 0.902. The molecule has 1 aliphatic rings. The smallest absolute Gasteiger partial charge is 0.150 e. The second-order valence-corrected chi connectivity index (χ2v) is 5.41. The summed E-state index contributed by atoms with van der Waals surface area (Å²) in [4.78, 5) is 2.16. The predicted octanol–water partition coefficient (Wildman–Crippen LogP) is 3.23. The molecule has 1 saturated heterocycles. The molecule has 0 spiro atoms. The van der Waals surface area contributed by atoms with Crippen LogP contribution in [0.4, 0.5) is 14.5 Å². The molecule has 2 nitrogen and oxygen atoms in total. The van der Waals surface area contributed by atoms with E-state index in [9.17, 15) is 8.78 Å².